The Morgan fingerprint density at radius 3 is 2.24 bits per heavy atom. The van der Waals surface area contributed by atoms with Crippen LogP contribution < -0.4 is 11.1 Å². The molecule has 0 saturated carbocycles. The molecule has 0 aliphatic rings. The van der Waals surface area contributed by atoms with Crippen molar-refractivity contribution in [3.05, 3.63) is 71.8 Å². The van der Waals surface area contributed by atoms with Crippen molar-refractivity contribution in [1.29, 1.82) is 0 Å². The number of nitrogens with two attached hydrogens (primary N) is 1. The van der Waals surface area contributed by atoms with Crippen LogP contribution >= 0.6 is 0 Å². The van der Waals surface area contributed by atoms with Crippen LogP contribution in [0.1, 0.15) is 23.5 Å². The standard InChI is InChI=1S/C18H22N2O/c19-14-17(16-11-5-2-6-12-16)18(21)20-13-7-10-15-8-3-1-4-9-15/h1-6,8-9,11-12,17H,7,10,13-14,19H2,(H,20,21). The summed E-state index contributed by atoms with van der Waals surface area (Å²) in [5, 5.41) is 2.98. The third-order valence-corrected chi connectivity index (χ3v) is 3.54. The molecule has 3 N–H and O–H groups in total. The molecule has 2 rings (SSSR count). The van der Waals surface area contributed by atoms with Gasteiger partial charge in [-0.2, -0.15) is 0 Å². The van der Waals surface area contributed by atoms with Crippen LogP contribution in [0.3, 0.4) is 0 Å². The molecule has 0 aliphatic heterocycles. The Balaban J connectivity index is 1.78. The van der Waals surface area contributed by atoms with Gasteiger partial charge >= 0.3 is 0 Å². The maximum absolute atomic E-state index is 12.2. The number of carbonyl (C=O) groups excluding carboxylic acids is 1. The highest BCUT2D eigenvalue weighted by molar-refractivity contribution is 5.83. The van der Waals surface area contributed by atoms with E-state index in [0.29, 0.717) is 13.1 Å². The van der Waals surface area contributed by atoms with Crippen LogP contribution in [-0.4, -0.2) is 19.0 Å². The average Bonchev–Trinajstić information content (AvgIpc) is 2.54. The van der Waals surface area contributed by atoms with Gasteiger partial charge in [0, 0.05) is 13.1 Å². The largest absolute Gasteiger partial charge is 0.356 e. The first kappa shape index (κ1) is 15.3. The Bertz CT molecular complexity index is 540. The molecule has 110 valence electrons. The monoisotopic (exact) mass is 282 g/mol. The van der Waals surface area contributed by atoms with Crippen molar-refractivity contribution in [2.24, 2.45) is 5.73 Å². The van der Waals surface area contributed by atoms with Crippen LogP contribution in [0.25, 0.3) is 0 Å². The number of hydrogen-bond donors (Lipinski definition) is 2. The fourth-order valence-corrected chi connectivity index (χ4v) is 2.35. The van der Waals surface area contributed by atoms with E-state index >= 15 is 0 Å². The Kier molecular flexibility index (Phi) is 5.98. The summed E-state index contributed by atoms with van der Waals surface area (Å²) < 4.78 is 0. The van der Waals surface area contributed by atoms with E-state index in [9.17, 15) is 4.79 Å². The molecule has 2 aromatic carbocycles. The number of benzene rings is 2. The van der Waals surface area contributed by atoms with Gasteiger partial charge in [-0.3, -0.25) is 4.79 Å². The van der Waals surface area contributed by atoms with E-state index < -0.39 is 0 Å². The van der Waals surface area contributed by atoms with Gasteiger partial charge in [0.2, 0.25) is 5.91 Å². The maximum Gasteiger partial charge on any atom is 0.228 e. The molecule has 0 fully saturated rings. The zero-order chi connectivity index (χ0) is 14.9. The first-order valence-corrected chi connectivity index (χ1v) is 7.38. The van der Waals surface area contributed by atoms with E-state index in [-0.39, 0.29) is 11.8 Å². The Labute approximate surface area is 126 Å². The van der Waals surface area contributed by atoms with Gasteiger partial charge in [0.05, 0.1) is 5.92 Å². The van der Waals surface area contributed by atoms with Crippen LogP contribution in [0, 0.1) is 0 Å². The zero-order valence-corrected chi connectivity index (χ0v) is 12.2. The summed E-state index contributed by atoms with van der Waals surface area (Å²) in [5.74, 6) is -0.250. The van der Waals surface area contributed by atoms with Crippen molar-refractivity contribution in [3.63, 3.8) is 0 Å². The molecule has 0 saturated heterocycles. The maximum atomic E-state index is 12.2. The minimum Gasteiger partial charge on any atom is -0.356 e. The van der Waals surface area contributed by atoms with Gasteiger partial charge < -0.3 is 11.1 Å². The van der Waals surface area contributed by atoms with Crippen LogP contribution in [0.15, 0.2) is 60.7 Å². The first-order valence-electron chi connectivity index (χ1n) is 7.38. The van der Waals surface area contributed by atoms with Gasteiger partial charge in [-0.25, -0.2) is 0 Å². The minimum absolute atomic E-state index is 0.0109. The number of rotatable bonds is 7. The quantitative estimate of drug-likeness (QED) is 0.767. The third kappa shape index (κ3) is 4.72. The van der Waals surface area contributed by atoms with E-state index in [2.05, 4.69) is 17.4 Å². The van der Waals surface area contributed by atoms with Crippen molar-refractivity contribution in [3.8, 4) is 0 Å². The van der Waals surface area contributed by atoms with Crippen LogP contribution in [0.4, 0.5) is 0 Å². The van der Waals surface area contributed by atoms with E-state index in [1.54, 1.807) is 0 Å². The fourth-order valence-electron chi connectivity index (χ4n) is 2.35. The molecule has 0 heterocycles. The van der Waals surface area contributed by atoms with Gasteiger partial charge in [-0.05, 0) is 24.0 Å². The number of nitrogens with one attached hydrogen (secondary N) is 1. The minimum atomic E-state index is -0.261. The van der Waals surface area contributed by atoms with Gasteiger partial charge in [0.15, 0.2) is 0 Å². The normalized spacial score (nSPS) is 11.9. The van der Waals surface area contributed by atoms with E-state index in [1.807, 2.05) is 48.5 Å². The summed E-state index contributed by atoms with van der Waals surface area (Å²) in [4.78, 5) is 12.2. The van der Waals surface area contributed by atoms with Crippen molar-refractivity contribution in [1.82, 2.24) is 5.32 Å². The predicted molar refractivity (Wildman–Crippen MR) is 86.0 cm³/mol. The van der Waals surface area contributed by atoms with Crippen molar-refractivity contribution in [2.75, 3.05) is 13.1 Å². The highest BCUT2D eigenvalue weighted by atomic mass is 16.1. The molecule has 3 heteroatoms. The number of hydrogen-bond acceptors (Lipinski definition) is 2. The molecule has 0 aliphatic carbocycles. The predicted octanol–water partition coefficient (Wildman–Crippen LogP) is 2.48. The third-order valence-electron chi connectivity index (χ3n) is 3.54. The highest BCUT2D eigenvalue weighted by Crippen LogP contribution is 2.14. The van der Waals surface area contributed by atoms with Crippen LogP contribution in [0.2, 0.25) is 0 Å². The molecule has 0 bridgehead atoms. The van der Waals surface area contributed by atoms with Crippen molar-refractivity contribution < 1.29 is 4.79 Å². The lowest BCUT2D eigenvalue weighted by atomic mass is 9.98. The Morgan fingerprint density at radius 2 is 1.62 bits per heavy atom. The highest BCUT2D eigenvalue weighted by Gasteiger charge is 2.17. The zero-order valence-electron chi connectivity index (χ0n) is 12.2. The second-order valence-electron chi connectivity index (χ2n) is 5.08. The molecular weight excluding hydrogens is 260 g/mol. The van der Waals surface area contributed by atoms with Gasteiger partial charge in [0.1, 0.15) is 0 Å². The molecule has 1 amide bonds. The Morgan fingerprint density at radius 1 is 1.00 bits per heavy atom. The summed E-state index contributed by atoms with van der Waals surface area (Å²) in [6.07, 6.45) is 1.90. The molecule has 1 unspecified atom stereocenters. The van der Waals surface area contributed by atoms with Gasteiger partial charge in [-0.15, -0.1) is 0 Å². The summed E-state index contributed by atoms with van der Waals surface area (Å²) in [7, 11) is 0. The molecular formula is C18H22N2O. The number of carbonyl (C=O) groups is 1. The summed E-state index contributed by atoms with van der Waals surface area (Å²) in [5.41, 5.74) is 8.01. The van der Waals surface area contributed by atoms with Gasteiger partial charge in [-0.1, -0.05) is 60.7 Å². The van der Waals surface area contributed by atoms with Crippen LogP contribution in [0.5, 0.6) is 0 Å². The fraction of sp³-hybridized carbons (Fsp3) is 0.278. The first-order chi connectivity index (χ1) is 10.3. The smallest absolute Gasteiger partial charge is 0.228 e. The lowest BCUT2D eigenvalue weighted by Gasteiger charge is -2.15. The molecule has 0 aromatic heterocycles. The summed E-state index contributed by atoms with van der Waals surface area (Å²) in [6.45, 7) is 1.01. The summed E-state index contributed by atoms with van der Waals surface area (Å²) >= 11 is 0. The summed E-state index contributed by atoms with van der Waals surface area (Å²) in [6, 6.07) is 20.0. The molecule has 0 spiro atoms. The lowest BCUT2D eigenvalue weighted by molar-refractivity contribution is -0.122. The second-order valence-corrected chi connectivity index (χ2v) is 5.08. The number of amides is 1. The topological polar surface area (TPSA) is 55.1 Å². The lowest BCUT2D eigenvalue weighted by Crippen LogP contribution is -2.34. The number of aryl methyl sites for hydroxylation is 1. The SMILES string of the molecule is NCC(C(=O)NCCCc1ccccc1)c1ccccc1. The molecule has 3 nitrogen and oxygen atoms in total. The van der Waals surface area contributed by atoms with E-state index in [1.165, 1.54) is 5.56 Å². The van der Waals surface area contributed by atoms with Crippen molar-refractivity contribution in [2.45, 2.75) is 18.8 Å². The van der Waals surface area contributed by atoms with E-state index in [0.717, 1.165) is 18.4 Å². The molecule has 2 aromatic rings. The van der Waals surface area contributed by atoms with E-state index in [4.69, 9.17) is 5.73 Å². The van der Waals surface area contributed by atoms with Gasteiger partial charge in [0.25, 0.3) is 0 Å². The van der Waals surface area contributed by atoms with Crippen LogP contribution in [-0.2, 0) is 11.2 Å². The van der Waals surface area contributed by atoms with Crippen molar-refractivity contribution >= 4 is 5.91 Å². The molecule has 0 radical (unpaired) electrons. The average molecular weight is 282 g/mol. The second kappa shape index (κ2) is 8.22. The molecule has 21 heavy (non-hydrogen) atoms. The molecule has 1 atom stereocenters. The Hall–Kier alpha value is -2.13.